The van der Waals surface area contributed by atoms with Crippen LogP contribution in [0.15, 0.2) is 40.9 Å². The first-order valence-electron chi connectivity index (χ1n) is 7.45. The molecule has 0 bridgehead atoms. The number of nitrogens with one attached hydrogen (secondary N) is 2. The number of hydrogen-bond acceptors (Lipinski definition) is 3. The molecule has 2 aliphatic rings. The van der Waals surface area contributed by atoms with E-state index >= 15 is 0 Å². The SMILES string of the molecule is O=C1NC(=O)C2(CC(c3cccc(F)c3F)Oc3ccc(Br)cc32)N1. The van der Waals surface area contributed by atoms with E-state index in [0.29, 0.717) is 15.8 Å². The quantitative estimate of drug-likeness (QED) is 0.711. The highest BCUT2D eigenvalue weighted by Crippen LogP contribution is 2.47. The highest BCUT2D eigenvalue weighted by atomic mass is 79.9. The summed E-state index contributed by atoms with van der Waals surface area (Å²) in [4.78, 5) is 24.3. The number of fused-ring (bicyclic) bond motifs is 2. The molecule has 0 aliphatic carbocycles. The van der Waals surface area contributed by atoms with Crippen molar-refractivity contribution in [3.05, 3.63) is 63.6 Å². The lowest BCUT2D eigenvalue weighted by atomic mass is 9.80. The molecule has 8 heteroatoms. The van der Waals surface area contributed by atoms with Crippen molar-refractivity contribution in [2.75, 3.05) is 0 Å². The van der Waals surface area contributed by atoms with Crippen LogP contribution >= 0.6 is 15.9 Å². The topological polar surface area (TPSA) is 67.4 Å². The van der Waals surface area contributed by atoms with E-state index in [1.54, 1.807) is 18.2 Å². The van der Waals surface area contributed by atoms with Crippen LogP contribution in [0.3, 0.4) is 0 Å². The Kier molecular flexibility index (Phi) is 3.54. The highest BCUT2D eigenvalue weighted by molar-refractivity contribution is 9.10. The standard InChI is InChI=1S/C17H11BrF2N2O3/c18-8-4-5-12-10(6-8)17(15(23)21-16(24)22-17)7-13(25-12)9-2-1-3-11(19)14(9)20/h1-6,13H,7H2,(H2,21,22,23,24). The minimum absolute atomic E-state index is 0.0121. The first kappa shape index (κ1) is 16.0. The number of halogens is 3. The Hall–Kier alpha value is -2.48. The number of benzene rings is 2. The zero-order valence-electron chi connectivity index (χ0n) is 12.6. The van der Waals surface area contributed by atoms with E-state index in [2.05, 4.69) is 26.6 Å². The van der Waals surface area contributed by atoms with Crippen molar-refractivity contribution in [2.24, 2.45) is 0 Å². The number of amides is 3. The van der Waals surface area contributed by atoms with Crippen LogP contribution in [0, 0.1) is 11.6 Å². The van der Waals surface area contributed by atoms with Crippen LogP contribution in [-0.2, 0) is 10.3 Å². The average Bonchev–Trinajstić information content (AvgIpc) is 2.85. The molecule has 0 radical (unpaired) electrons. The lowest BCUT2D eigenvalue weighted by Gasteiger charge is -2.38. The maximum absolute atomic E-state index is 14.2. The molecular weight excluding hydrogens is 398 g/mol. The minimum Gasteiger partial charge on any atom is -0.485 e. The van der Waals surface area contributed by atoms with Gasteiger partial charge in [0.05, 0.1) is 0 Å². The third kappa shape index (κ3) is 2.39. The average molecular weight is 409 g/mol. The summed E-state index contributed by atoms with van der Waals surface area (Å²) in [5.41, 5.74) is -0.960. The third-order valence-corrected chi connectivity index (χ3v) is 4.93. The van der Waals surface area contributed by atoms with E-state index in [-0.39, 0.29) is 12.0 Å². The van der Waals surface area contributed by atoms with Crippen LogP contribution in [0.1, 0.15) is 23.7 Å². The van der Waals surface area contributed by atoms with Gasteiger partial charge in [-0.05, 0) is 24.3 Å². The molecule has 1 spiro atoms. The number of rotatable bonds is 1. The van der Waals surface area contributed by atoms with Gasteiger partial charge in [-0.3, -0.25) is 10.1 Å². The van der Waals surface area contributed by atoms with Crippen LogP contribution in [-0.4, -0.2) is 11.9 Å². The number of carbonyl (C=O) groups is 2. The van der Waals surface area contributed by atoms with Crippen molar-refractivity contribution in [1.29, 1.82) is 0 Å². The lowest BCUT2D eigenvalue weighted by Crippen LogP contribution is -2.48. The summed E-state index contributed by atoms with van der Waals surface area (Å²) in [6.45, 7) is 0. The molecule has 128 valence electrons. The Labute approximate surface area is 149 Å². The maximum Gasteiger partial charge on any atom is 0.322 e. The summed E-state index contributed by atoms with van der Waals surface area (Å²) < 4.78 is 34.3. The van der Waals surface area contributed by atoms with Crippen LogP contribution in [0.5, 0.6) is 5.75 Å². The number of urea groups is 1. The molecule has 2 unspecified atom stereocenters. The summed E-state index contributed by atoms with van der Waals surface area (Å²) in [5, 5.41) is 4.83. The van der Waals surface area contributed by atoms with E-state index in [1.807, 2.05) is 0 Å². The van der Waals surface area contributed by atoms with Crippen molar-refractivity contribution in [3.8, 4) is 5.75 Å². The van der Waals surface area contributed by atoms with E-state index in [4.69, 9.17) is 4.74 Å². The molecule has 2 aromatic carbocycles. The van der Waals surface area contributed by atoms with Crippen LogP contribution in [0.25, 0.3) is 0 Å². The molecule has 0 aromatic heterocycles. The van der Waals surface area contributed by atoms with Gasteiger partial charge in [0.25, 0.3) is 5.91 Å². The second-order valence-corrected chi connectivity index (χ2v) is 6.82. The molecule has 2 N–H and O–H groups in total. The summed E-state index contributed by atoms with van der Waals surface area (Å²) in [6, 6.07) is 8.11. The van der Waals surface area contributed by atoms with Crippen molar-refractivity contribution in [3.63, 3.8) is 0 Å². The van der Waals surface area contributed by atoms with Crippen molar-refractivity contribution < 1.29 is 23.1 Å². The molecule has 2 aromatic rings. The van der Waals surface area contributed by atoms with Gasteiger partial charge in [0.15, 0.2) is 17.2 Å². The molecule has 2 atom stereocenters. The first-order valence-corrected chi connectivity index (χ1v) is 8.24. The minimum atomic E-state index is -1.40. The Bertz CT molecular complexity index is 921. The molecule has 5 nitrogen and oxygen atoms in total. The van der Waals surface area contributed by atoms with Crippen molar-refractivity contribution >= 4 is 27.9 Å². The summed E-state index contributed by atoms with van der Waals surface area (Å²) in [6.07, 6.45) is -0.998. The Morgan fingerprint density at radius 3 is 2.72 bits per heavy atom. The molecule has 0 saturated carbocycles. The second-order valence-electron chi connectivity index (χ2n) is 5.91. The zero-order valence-corrected chi connectivity index (χ0v) is 14.2. The first-order chi connectivity index (χ1) is 11.9. The largest absolute Gasteiger partial charge is 0.485 e. The summed E-state index contributed by atoms with van der Waals surface area (Å²) in [5.74, 6) is -2.27. The van der Waals surface area contributed by atoms with Crippen LogP contribution in [0.2, 0.25) is 0 Å². The summed E-state index contributed by atoms with van der Waals surface area (Å²) >= 11 is 3.33. The highest BCUT2D eigenvalue weighted by Gasteiger charge is 2.53. The molecular formula is C17H11BrF2N2O3. The Balaban J connectivity index is 1.88. The van der Waals surface area contributed by atoms with Gasteiger partial charge in [-0.1, -0.05) is 28.1 Å². The van der Waals surface area contributed by atoms with Gasteiger partial charge in [-0.2, -0.15) is 0 Å². The molecule has 2 aliphatic heterocycles. The number of carbonyl (C=O) groups excluding carboxylic acids is 2. The van der Waals surface area contributed by atoms with E-state index < -0.39 is 35.2 Å². The second kappa shape index (κ2) is 5.52. The van der Waals surface area contributed by atoms with Gasteiger partial charge in [-0.15, -0.1) is 0 Å². The number of imide groups is 1. The fourth-order valence-electron chi connectivity index (χ4n) is 3.29. The smallest absolute Gasteiger partial charge is 0.322 e. The van der Waals surface area contributed by atoms with Gasteiger partial charge in [0.2, 0.25) is 0 Å². The van der Waals surface area contributed by atoms with E-state index in [1.165, 1.54) is 12.1 Å². The number of ether oxygens (including phenoxy) is 1. The van der Waals surface area contributed by atoms with E-state index in [9.17, 15) is 18.4 Å². The maximum atomic E-state index is 14.2. The fraction of sp³-hybridized carbons (Fsp3) is 0.176. The fourth-order valence-corrected chi connectivity index (χ4v) is 3.65. The van der Waals surface area contributed by atoms with Gasteiger partial charge in [0.1, 0.15) is 11.9 Å². The molecule has 25 heavy (non-hydrogen) atoms. The van der Waals surface area contributed by atoms with Gasteiger partial charge < -0.3 is 10.1 Å². The van der Waals surface area contributed by atoms with Gasteiger partial charge in [0, 0.05) is 22.0 Å². The predicted molar refractivity (Wildman–Crippen MR) is 86.8 cm³/mol. The van der Waals surface area contributed by atoms with E-state index in [0.717, 1.165) is 6.07 Å². The lowest BCUT2D eigenvalue weighted by molar-refractivity contribution is -0.126. The zero-order chi connectivity index (χ0) is 17.8. The molecule has 3 amide bonds. The molecule has 4 rings (SSSR count). The van der Waals surface area contributed by atoms with Crippen LogP contribution < -0.4 is 15.4 Å². The third-order valence-electron chi connectivity index (χ3n) is 4.43. The van der Waals surface area contributed by atoms with Gasteiger partial charge >= 0.3 is 6.03 Å². The number of hydrogen-bond donors (Lipinski definition) is 2. The van der Waals surface area contributed by atoms with Crippen LogP contribution in [0.4, 0.5) is 13.6 Å². The molecule has 2 heterocycles. The van der Waals surface area contributed by atoms with Gasteiger partial charge in [-0.25, -0.2) is 13.6 Å². The van der Waals surface area contributed by atoms with Crippen molar-refractivity contribution in [1.82, 2.24) is 10.6 Å². The summed E-state index contributed by atoms with van der Waals surface area (Å²) in [7, 11) is 0. The molecule has 1 saturated heterocycles. The monoisotopic (exact) mass is 408 g/mol. The predicted octanol–water partition coefficient (Wildman–Crippen LogP) is 3.29. The Morgan fingerprint density at radius 1 is 1.20 bits per heavy atom. The Morgan fingerprint density at radius 2 is 2.00 bits per heavy atom. The van der Waals surface area contributed by atoms with Crippen molar-refractivity contribution in [2.45, 2.75) is 18.1 Å². The normalized spacial score (nSPS) is 24.5. The molecule has 1 fully saturated rings.